The first-order valence-electron chi connectivity index (χ1n) is 5.85. The van der Waals surface area contributed by atoms with Gasteiger partial charge in [0.15, 0.2) is 0 Å². The zero-order valence-corrected chi connectivity index (χ0v) is 9.48. The summed E-state index contributed by atoms with van der Waals surface area (Å²) in [6.07, 6.45) is 1.54. The van der Waals surface area contributed by atoms with Gasteiger partial charge in [-0.15, -0.1) is 0 Å². The first-order valence-corrected chi connectivity index (χ1v) is 5.85. The second-order valence-electron chi connectivity index (χ2n) is 4.23. The van der Waals surface area contributed by atoms with Gasteiger partial charge in [-0.3, -0.25) is 0 Å². The van der Waals surface area contributed by atoms with Crippen LogP contribution in [0.3, 0.4) is 0 Å². The molecule has 2 N–H and O–H groups in total. The van der Waals surface area contributed by atoms with E-state index in [-0.39, 0.29) is 6.61 Å². The van der Waals surface area contributed by atoms with Crippen LogP contribution in [0, 0.1) is 0 Å². The minimum absolute atomic E-state index is 0.207. The number of nitrogens with one attached hydrogen (secondary N) is 1. The Morgan fingerprint density at radius 3 is 2.65 bits per heavy atom. The third-order valence-corrected chi connectivity index (χ3v) is 2.97. The molecule has 0 aliphatic heterocycles. The van der Waals surface area contributed by atoms with Crippen LogP contribution >= 0.6 is 0 Å². The molecule has 0 saturated heterocycles. The highest BCUT2D eigenvalue weighted by molar-refractivity contribution is 5.95. The van der Waals surface area contributed by atoms with Crippen molar-refractivity contribution in [2.45, 2.75) is 12.8 Å². The largest absolute Gasteiger partial charge is 0.396 e. The number of hydrogen-bond donors (Lipinski definition) is 2. The number of aliphatic hydroxyl groups excluding tert-OH is 1. The van der Waals surface area contributed by atoms with Crippen LogP contribution in [-0.4, -0.2) is 21.7 Å². The predicted molar refractivity (Wildman–Crippen MR) is 69.0 cm³/mol. The van der Waals surface area contributed by atoms with Crippen molar-refractivity contribution in [3.8, 4) is 0 Å². The van der Waals surface area contributed by atoms with E-state index in [2.05, 4.69) is 34.2 Å². The second kappa shape index (κ2) is 4.18. The third kappa shape index (κ3) is 1.89. The van der Waals surface area contributed by atoms with E-state index >= 15 is 0 Å². The fraction of sp³-hybridized carbons (Fsp3) is 0.214. The minimum Gasteiger partial charge on any atom is -0.396 e. The van der Waals surface area contributed by atoms with Gasteiger partial charge in [-0.2, -0.15) is 0 Å². The molecule has 0 aliphatic carbocycles. The number of aromatic amines is 1. The molecule has 3 aromatic rings. The number of imidazole rings is 1. The first kappa shape index (κ1) is 10.3. The van der Waals surface area contributed by atoms with Gasteiger partial charge in [0.25, 0.3) is 0 Å². The van der Waals surface area contributed by atoms with Crippen LogP contribution in [-0.2, 0) is 6.42 Å². The van der Waals surface area contributed by atoms with Gasteiger partial charge in [0.2, 0.25) is 0 Å². The van der Waals surface area contributed by atoms with E-state index in [4.69, 9.17) is 5.11 Å². The molecular weight excluding hydrogens is 212 g/mol. The Morgan fingerprint density at radius 2 is 1.88 bits per heavy atom. The summed E-state index contributed by atoms with van der Waals surface area (Å²) in [5.41, 5.74) is 2.06. The molecule has 2 aromatic carbocycles. The Kier molecular flexibility index (Phi) is 2.53. The molecule has 0 amide bonds. The molecule has 0 unspecified atom stereocenters. The van der Waals surface area contributed by atoms with Crippen molar-refractivity contribution in [2.24, 2.45) is 0 Å². The summed E-state index contributed by atoms with van der Waals surface area (Å²) >= 11 is 0. The average molecular weight is 226 g/mol. The van der Waals surface area contributed by atoms with Crippen molar-refractivity contribution >= 4 is 21.8 Å². The van der Waals surface area contributed by atoms with Crippen molar-refractivity contribution in [3.05, 3.63) is 42.2 Å². The molecule has 3 rings (SSSR count). The van der Waals surface area contributed by atoms with Gasteiger partial charge in [-0.25, -0.2) is 4.98 Å². The van der Waals surface area contributed by atoms with E-state index in [0.717, 1.165) is 29.7 Å². The summed E-state index contributed by atoms with van der Waals surface area (Å²) in [7, 11) is 0. The molecule has 0 fully saturated rings. The zero-order chi connectivity index (χ0) is 11.7. The van der Waals surface area contributed by atoms with Gasteiger partial charge in [0.1, 0.15) is 5.82 Å². The maximum atomic E-state index is 8.82. The molecule has 3 nitrogen and oxygen atoms in total. The Morgan fingerprint density at radius 1 is 1.12 bits per heavy atom. The Bertz CT molecular complexity index is 605. The summed E-state index contributed by atoms with van der Waals surface area (Å²) in [6.45, 7) is 0.207. The lowest BCUT2D eigenvalue weighted by Gasteiger charge is -1.95. The van der Waals surface area contributed by atoms with Crippen molar-refractivity contribution < 1.29 is 5.11 Å². The number of aromatic nitrogens is 2. The lowest BCUT2D eigenvalue weighted by atomic mass is 10.1. The Hall–Kier alpha value is -1.87. The molecule has 0 bridgehead atoms. The monoisotopic (exact) mass is 226 g/mol. The molecule has 86 valence electrons. The molecule has 0 atom stereocenters. The highest BCUT2D eigenvalue weighted by Crippen LogP contribution is 2.21. The van der Waals surface area contributed by atoms with Crippen molar-refractivity contribution in [1.82, 2.24) is 9.97 Å². The highest BCUT2D eigenvalue weighted by Gasteiger charge is 2.03. The SMILES string of the molecule is OCCCc1nc2cc3ccccc3cc2[nH]1. The molecule has 0 aliphatic rings. The van der Waals surface area contributed by atoms with Crippen LogP contribution in [0.5, 0.6) is 0 Å². The minimum atomic E-state index is 0.207. The first-order chi connectivity index (χ1) is 8.36. The zero-order valence-electron chi connectivity index (χ0n) is 9.48. The van der Waals surface area contributed by atoms with Gasteiger partial charge >= 0.3 is 0 Å². The van der Waals surface area contributed by atoms with E-state index in [1.54, 1.807) is 0 Å². The van der Waals surface area contributed by atoms with Gasteiger partial charge in [-0.05, 0) is 29.3 Å². The van der Waals surface area contributed by atoms with Gasteiger partial charge < -0.3 is 10.1 Å². The second-order valence-corrected chi connectivity index (χ2v) is 4.23. The fourth-order valence-electron chi connectivity index (χ4n) is 2.11. The molecular formula is C14H14N2O. The standard InChI is InChI=1S/C14H14N2O/c17-7-3-6-14-15-12-8-10-4-1-2-5-11(10)9-13(12)16-14/h1-2,4-5,8-9,17H,3,6-7H2,(H,15,16). The van der Waals surface area contributed by atoms with Crippen molar-refractivity contribution in [3.63, 3.8) is 0 Å². The van der Waals surface area contributed by atoms with E-state index in [0.29, 0.717) is 0 Å². The number of rotatable bonds is 3. The smallest absolute Gasteiger partial charge is 0.107 e. The summed E-state index contributed by atoms with van der Waals surface area (Å²) in [5, 5.41) is 11.2. The molecule has 1 heterocycles. The number of benzene rings is 2. The quantitative estimate of drug-likeness (QED) is 0.721. The number of aliphatic hydroxyl groups is 1. The normalized spacial score (nSPS) is 11.4. The van der Waals surface area contributed by atoms with Crippen molar-refractivity contribution in [1.29, 1.82) is 0 Å². The maximum absolute atomic E-state index is 8.82. The number of hydrogen-bond acceptors (Lipinski definition) is 2. The lowest BCUT2D eigenvalue weighted by molar-refractivity contribution is 0.287. The fourth-order valence-corrected chi connectivity index (χ4v) is 2.11. The van der Waals surface area contributed by atoms with Crippen LogP contribution in [0.15, 0.2) is 36.4 Å². The van der Waals surface area contributed by atoms with E-state index in [1.807, 2.05) is 12.1 Å². The van der Waals surface area contributed by atoms with Gasteiger partial charge in [-0.1, -0.05) is 24.3 Å². The Balaban J connectivity index is 2.11. The third-order valence-electron chi connectivity index (χ3n) is 2.97. The Labute approximate surface area is 99.1 Å². The predicted octanol–water partition coefficient (Wildman–Crippen LogP) is 2.64. The summed E-state index contributed by atoms with van der Waals surface area (Å²) in [6, 6.07) is 12.5. The number of fused-ring (bicyclic) bond motifs is 2. The van der Waals surface area contributed by atoms with E-state index in [9.17, 15) is 0 Å². The molecule has 1 aromatic heterocycles. The van der Waals surface area contributed by atoms with Crippen LogP contribution < -0.4 is 0 Å². The van der Waals surface area contributed by atoms with E-state index < -0.39 is 0 Å². The molecule has 0 radical (unpaired) electrons. The average Bonchev–Trinajstić information content (AvgIpc) is 2.75. The van der Waals surface area contributed by atoms with Crippen LogP contribution in [0.25, 0.3) is 21.8 Å². The summed E-state index contributed by atoms with van der Waals surface area (Å²) in [5.74, 6) is 0.948. The van der Waals surface area contributed by atoms with Gasteiger partial charge in [0.05, 0.1) is 11.0 Å². The summed E-state index contributed by atoms with van der Waals surface area (Å²) < 4.78 is 0. The highest BCUT2D eigenvalue weighted by atomic mass is 16.2. The topological polar surface area (TPSA) is 48.9 Å². The number of H-pyrrole nitrogens is 1. The van der Waals surface area contributed by atoms with E-state index in [1.165, 1.54) is 10.8 Å². The lowest BCUT2D eigenvalue weighted by Crippen LogP contribution is -1.90. The van der Waals surface area contributed by atoms with Crippen LogP contribution in [0.1, 0.15) is 12.2 Å². The maximum Gasteiger partial charge on any atom is 0.107 e. The molecule has 3 heteroatoms. The molecule has 17 heavy (non-hydrogen) atoms. The number of nitrogens with zero attached hydrogens (tertiary/aromatic N) is 1. The van der Waals surface area contributed by atoms with Gasteiger partial charge in [0, 0.05) is 13.0 Å². The number of aryl methyl sites for hydroxylation is 1. The molecule has 0 spiro atoms. The van der Waals surface area contributed by atoms with Crippen LogP contribution in [0.4, 0.5) is 0 Å². The molecule has 0 saturated carbocycles. The summed E-state index contributed by atoms with van der Waals surface area (Å²) in [4.78, 5) is 7.83. The van der Waals surface area contributed by atoms with Crippen molar-refractivity contribution in [2.75, 3.05) is 6.61 Å². The van der Waals surface area contributed by atoms with Crippen LogP contribution in [0.2, 0.25) is 0 Å².